The summed E-state index contributed by atoms with van der Waals surface area (Å²) < 4.78 is 78.8. The predicted molar refractivity (Wildman–Crippen MR) is 106 cm³/mol. The molecular weight excluding hydrogens is 478 g/mol. The summed E-state index contributed by atoms with van der Waals surface area (Å²) >= 11 is 6.00. The molecule has 2 aromatic rings. The zero-order chi connectivity index (χ0) is 24.6. The first kappa shape index (κ1) is 24.7. The van der Waals surface area contributed by atoms with Gasteiger partial charge in [0.1, 0.15) is 0 Å². The van der Waals surface area contributed by atoms with Crippen LogP contribution in [0.1, 0.15) is 39.4 Å². The van der Waals surface area contributed by atoms with Crippen molar-refractivity contribution in [1.29, 1.82) is 0 Å². The molecule has 1 aliphatic rings. The number of benzene rings is 2. The Morgan fingerprint density at radius 2 is 1.61 bits per heavy atom. The van der Waals surface area contributed by atoms with Gasteiger partial charge in [-0.2, -0.15) is 26.3 Å². The molecule has 0 saturated carbocycles. The first-order valence-corrected chi connectivity index (χ1v) is 9.97. The number of halogens is 7. The van der Waals surface area contributed by atoms with E-state index in [4.69, 9.17) is 11.6 Å². The Kier molecular flexibility index (Phi) is 6.83. The average molecular weight is 495 g/mol. The van der Waals surface area contributed by atoms with Crippen molar-refractivity contribution >= 4 is 23.6 Å². The Balaban J connectivity index is 1.93. The highest BCUT2D eigenvalue weighted by atomic mass is 35.5. The minimum Gasteiger partial charge on any atom is -0.465 e. The Bertz CT molecular complexity index is 1020. The van der Waals surface area contributed by atoms with Crippen LogP contribution in [0.3, 0.4) is 0 Å². The van der Waals surface area contributed by atoms with E-state index in [0.29, 0.717) is 22.7 Å². The molecule has 0 bridgehead atoms. The molecule has 0 unspecified atom stereocenters. The third-order valence-electron chi connectivity index (χ3n) is 5.33. The van der Waals surface area contributed by atoms with Crippen LogP contribution in [0.25, 0.3) is 0 Å². The first-order valence-electron chi connectivity index (χ1n) is 9.59. The van der Waals surface area contributed by atoms with Gasteiger partial charge >= 0.3 is 18.4 Å². The molecule has 1 heterocycles. The summed E-state index contributed by atoms with van der Waals surface area (Å²) in [4.78, 5) is 25.3. The predicted octanol–water partition coefficient (Wildman–Crippen LogP) is 5.64. The Labute approximate surface area is 188 Å². The number of amides is 2. The lowest BCUT2D eigenvalue weighted by Gasteiger charge is -2.38. The van der Waals surface area contributed by atoms with E-state index in [9.17, 15) is 41.0 Å². The van der Waals surface area contributed by atoms with E-state index in [-0.39, 0.29) is 25.6 Å². The second-order valence-electron chi connectivity index (χ2n) is 7.55. The van der Waals surface area contributed by atoms with E-state index in [2.05, 4.69) is 5.32 Å². The van der Waals surface area contributed by atoms with Crippen molar-refractivity contribution in [3.05, 3.63) is 69.7 Å². The number of carbonyl (C=O) groups is 2. The van der Waals surface area contributed by atoms with E-state index in [1.807, 2.05) is 0 Å². The fourth-order valence-electron chi connectivity index (χ4n) is 3.71. The minimum absolute atomic E-state index is 0.0216. The van der Waals surface area contributed by atoms with Crippen molar-refractivity contribution in [2.45, 2.75) is 30.7 Å². The number of likely N-dealkylation sites (tertiary alicyclic amines) is 1. The third-order valence-corrected chi connectivity index (χ3v) is 5.56. The smallest absolute Gasteiger partial charge is 0.416 e. The molecule has 1 saturated heterocycles. The summed E-state index contributed by atoms with van der Waals surface area (Å²) in [7, 11) is 0. The van der Waals surface area contributed by atoms with Crippen LogP contribution in [0.4, 0.5) is 31.1 Å². The molecule has 12 heteroatoms. The fourth-order valence-corrected chi connectivity index (χ4v) is 3.91. The maximum atomic E-state index is 13.1. The van der Waals surface area contributed by atoms with Gasteiger partial charge in [0.15, 0.2) is 0 Å². The van der Waals surface area contributed by atoms with E-state index < -0.39 is 53.0 Å². The molecule has 0 aromatic heterocycles. The van der Waals surface area contributed by atoms with Gasteiger partial charge < -0.3 is 15.3 Å². The van der Waals surface area contributed by atoms with Crippen LogP contribution >= 0.6 is 11.6 Å². The van der Waals surface area contributed by atoms with Crippen LogP contribution in [0, 0.1) is 0 Å². The van der Waals surface area contributed by atoms with Crippen molar-refractivity contribution in [1.82, 2.24) is 10.2 Å². The number of hydrogen-bond acceptors (Lipinski definition) is 2. The van der Waals surface area contributed by atoms with Crippen molar-refractivity contribution in [3.8, 4) is 0 Å². The number of nitrogens with one attached hydrogen (secondary N) is 1. The summed E-state index contributed by atoms with van der Waals surface area (Å²) in [6.07, 6.45) is -11.3. The molecule has 2 atom stereocenters. The molecule has 3 rings (SSSR count). The summed E-state index contributed by atoms with van der Waals surface area (Å²) in [5.41, 5.74) is -3.44. The summed E-state index contributed by atoms with van der Waals surface area (Å²) in [6.45, 7) is -0.0231. The van der Waals surface area contributed by atoms with Crippen LogP contribution in [0.15, 0.2) is 42.5 Å². The highest BCUT2D eigenvalue weighted by molar-refractivity contribution is 6.30. The van der Waals surface area contributed by atoms with Crippen molar-refractivity contribution in [3.63, 3.8) is 0 Å². The maximum Gasteiger partial charge on any atom is 0.416 e. The van der Waals surface area contributed by atoms with Gasteiger partial charge in [0.05, 0.1) is 11.1 Å². The molecule has 0 aliphatic carbocycles. The molecule has 0 radical (unpaired) electrons. The molecule has 5 nitrogen and oxygen atoms in total. The van der Waals surface area contributed by atoms with Crippen LogP contribution in [0.2, 0.25) is 5.02 Å². The lowest BCUT2D eigenvalue weighted by molar-refractivity contribution is -0.143. The summed E-state index contributed by atoms with van der Waals surface area (Å²) in [5.74, 6) is -1.75. The molecule has 2 amide bonds. The summed E-state index contributed by atoms with van der Waals surface area (Å²) in [5, 5.41) is 12.1. The zero-order valence-corrected chi connectivity index (χ0v) is 17.4. The maximum absolute atomic E-state index is 13.1. The first-order chi connectivity index (χ1) is 15.3. The largest absolute Gasteiger partial charge is 0.465 e. The van der Waals surface area contributed by atoms with Crippen molar-refractivity contribution in [2.24, 2.45) is 0 Å². The number of carboxylic acid groups (broad SMARTS) is 1. The SMILES string of the molecule is O=C(N[C@@H]1CCN(C(=O)O)C[C@H]1c1cccc(Cl)c1)c1cc(C(F)(F)F)cc(C(F)(F)F)c1. The lowest BCUT2D eigenvalue weighted by atomic mass is 9.85. The van der Waals surface area contributed by atoms with E-state index >= 15 is 0 Å². The average Bonchev–Trinajstić information content (AvgIpc) is 2.72. The number of nitrogens with zero attached hydrogens (tertiary/aromatic N) is 1. The molecule has 178 valence electrons. The Morgan fingerprint density at radius 1 is 1.00 bits per heavy atom. The Hall–Kier alpha value is -2.95. The van der Waals surface area contributed by atoms with Gasteiger partial charge in [0, 0.05) is 35.6 Å². The molecule has 2 aromatic carbocycles. The normalized spacial score (nSPS) is 19.3. The van der Waals surface area contributed by atoms with Gasteiger partial charge in [-0.3, -0.25) is 4.79 Å². The topological polar surface area (TPSA) is 69.6 Å². The molecule has 2 N–H and O–H groups in total. The number of carbonyl (C=O) groups excluding carboxylic acids is 1. The number of piperidine rings is 1. The second-order valence-corrected chi connectivity index (χ2v) is 7.99. The fraction of sp³-hybridized carbons (Fsp3) is 0.333. The molecular formula is C21H17ClF6N2O3. The third kappa shape index (κ3) is 5.89. The van der Waals surface area contributed by atoms with Gasteiger partial charge in [-0.15, -0.1) is 0 Å². The van der Waals surface area contributed by atoms with Crippen LogP contribution in [-0.4, -0.2) is 41.1 Å². The van der Waals surface area contributed by atoms with Crippen LogP contribution in [-0.2, 0) is 12.4 Å². The highest BCUT2D eigenvalue weighted by Crippen LogP contribution is 2.36. The molecule has 1 aliphatic heterocycles. The molecule has 33 heavy (non-hydrogen) atoms. The van der Waals surface area contributed by atoms with E-state index in [1.165, 1.54) is 0 Å². The van der Waals surface area contributed by atoms with Gasteiger partial charge in [0.2, 0.25) is 0 Å². The number of alkyl halides is 6. The second kappa shape index (κ2) is 9.12. The minimum atomic E-state index is -5.09. The van der Waals surface area contributed by atoms with Crippen molar-refractivity contribution < 1.29 is 41.0 Å². The van der Waals surface area contributed by atoms with Gasteiger partial charge in [-0.25, -0.2) is 4.79 Å². The van der Waals surface area contributed by atoms with E-state index in [0.717, 1.165) is 4.90 Å². The quantitative estimate of drug-likeness (QED) is 0.542. The van der Waals surface area contributed by atoms with Gasteiger partial charge in [-0.1, -0.05) is 23.7 Å². The van der Waals surface area contributed by atoms with Gasteiger partial charge in [0.25, 0.3) is 5.91 Å². The molecule has 0 spiro atoms. The summed E-state index contributed by atoms with van der Waals surface area (Å²) in [6, 6.07) is 6.29. The van der Waals surface area contributed by atoms with E-state index in [1.54, 1.807) is 24.3 Å². The standard InChI is InChI=1S/C21H17ClF6N2O3/c22-15-3-1-2-11(8-15)16-10-30(19(32)33)5-4-17(16)29-18(31)12-6-13(20(23,24)25)9-14(7-12)21(26,27)28/h1-3,6-9,16-17H,4-5,10H2,(H,29,31)(H,32,33)/t16-,17+/m0/s1. The lowest BCUT2D eigenvalue weighted by Crippen LogP contribution is -2.51. The monoisotopic (exact) mass is 494 g/mol. The molecule has 1 fully saturated rings. The zero-order valence-electron chi connectivity index (χ0n) is 16.7. The van der Waals surface area contributed by atoms with Crippen molar-refractivity contribution in [2.75, 3.05) is 13.1 Å². The highest BCUT2D eigenvalue weighted by Gasteiger charge is 2.38. The van der Waals surface area contributed by atoms with Crippen LogP contribution in [0.5, 0.6) is 0 Å². The number of hydrogen-bond donors (Lipinski definition) is 2. The Morgan fingerprint density at radius 3 is 2.12 bits per heavy atom. The van der Waals surface area contributed by atoms with Crippen LogP contribution < -0.4 is 5.32 Å². The van der Waals surface area contributed by atoms with Gasteiger partial charge in [-0.05, 0) is 42.3 Å². The number of rotatable bonds is 3.